The highest BCUT2D eigenvalue weighted by molar-refractivity contribution is 5.02. The zero-order valence-electron chi connectivity index (χ0n) is 14.0. The van der Waals surface area contributed by atoms with E-state index in [9.17, 15) is 5.26 Å². The van der Waals surface area contributed by atoms with Gasteiger partial charge in [0.15, 0.2) is 0 Å². The van der Waals surface area contributed by atoms with E-state index >= 15 is 0 Å². The molecule has 2 aliphatic rings. The van der Waals surface area contributed by atoms with Crippen LogP contribution in [0.5, 0.6) is 0 Å². The van der Waals surface area contributed by atoms with Crippen LogP contribution in [-0.2, 0) is 0 Å². The predicted molar refractivity (Wildman–Crippen MR) is 85.6 cm³/mol. The van der Waals surface area contributed by atoms with Crippen molar-refractivity contribution in [3.63, 3.8) is 0 Å². The van der Waals surface area contributed by atoms with Crippen molar-refractivity contribution in [3.8, 4) is 6.07 Å². The summed E-state index contributed by atoms with van der Waals surface area (Å²) in [5, 5.41) is 9.55. The first-order chi connectivity index (χ1) is 9.65. The largest absolute Gasteiger partial charge is 0.306 e. The number of likely N-dealkylation sites (tertiary alicyclic amines) is 1. The first kappa shape index (κ1) is 17.5. The van der Waals surface area contributed by atoms with Crippen molar-refractivity contribution in [3.05, 3.63) is 0 Å². The Hall–Kier alpha value is -0.590. The van der Waals surface area contributed by atoms with Crippen molar-refractivity contribution in [2.45, 2.75) is 64.8 Å². The predicted octanol–water partition coefficient (Wildman–Crippen LogP) is 3.51. The van der Waals surface area contributed by atoms with E-state index in [0.29, 0.717) is 6.04 Å². The zero-order valence-corrected chi connectivity index (χ0v) is 14.0. The molecular weight excluding hydrogens is 246 g/mol. The fourth-order valence-corrected chi connectivity index (χ4v) is 3.58. The number of rotatable bonds is 3. The first-order valence-electron chi connectivity index (χ1n) is 8.45. The highest BCUT2D eigenvalue weighted by Gasteiger charge is 2.35. The average Bonchev–Trinajstić information content (AvgIpc) is 2.51. The third-order valence-electron chi connectivity index (χ3n) is 4.91. The molecule has 0 amide bonds. The Morgan fingerprint density at radius 2 is 1.70 bits per heavy atom. The summed E-state index contributed by atoms with van der Waals surface area (Å²) in [5.41, 5.74) is -0.0453. The van der Waals surface area contributed by atoms with Crippen molar-refractivity contribution in [1.29, 1.82) is 5.26 Å². The van der Waals surface area contributed by atoms with E-state index in [0.717, 1.165) is 19.4 Å². The molecule has 116 valence electrons. The van der Waals surface area contributed by atoms with Crippen molar-refractivity contribution in [2.75, 3.05) is 33.7 Å². The zero-order chi connectivity index (χ0) is 15.0. The van der Waals surface area contributed by atoms with Crippen molar-refractivity contribution < 1.29 is 0 Å². The molecule has 2 fully saturated rings. The van der Waals surface area contributed by atoms with Crippen LogP contribution in [0.1, 0.15) is 58.8 Å². The molecule has 20 heavy (non-hydrogen) atoms. The Morgan fingerprint density at radius 3 is 2.20 bits per heavy atom. The molecule has 0 aromatic rings. The molecule has 1 aliphatic carbocycles. The topological polar surface area (TPSA) is 30.3 Å². The van der Waals surface area contributed by atoms with E-state index in [4.69, 9.17) is 0 Å². The lowest BCUT2D eigenvalue weighted by Crippen LogP contribution is -2.46. The highest BCUT2D eigenvalue weighted by atomic mass is 15.2. The fourth-order valence-electron chi connectivity index (χ4n) is 3.58. The van der Waals surface area contributed by atoms with E-state index < -0.39 is 0 Å². The molecule has 0 radical (unpaired) electrons. The van der Waals surface area contributed by atoms with Crippen molar-refractivity contribution in [1.82, 2.24) is 9.80 Å². The Kier molecular flexibility index (Phi) is 7.55. The van der Waals surface area contributed by atoms with Crippen LogP contribution < -0.4 is 0 Å². The summed E-state index contributed by atoms with van der Waals surface area (Å²) in [6.07, 6.45) is 8.55. The molecule has 0 unspecified atom stereocenters. The van der Waals surface area contributed by atoms with Crippen LogP contribution in [0.3, 0.4) is 0 Å². The molecule has 1 aliphatic heterocycles. The van der Waals surface area contributed by atoms with Gasteiger partial charge in [0.05, 0.1) is 11.5 Å². The van der Waals surface area contributed by atoms with E-state index in [-0.39, 0.29) is 5.41 Å². The quantitative estimate of drug-likeness (QED) is 0.792. The molecule has 2 rings (SSSR count). The average molecular weight is 279 g/mol. The van der Waals surface area contributed by atoms with Gasteiger partial charge in [-0.25, -0.2) is 0 Å². The van der Waals surface area contributed by atoms with Gasteiger partial charge in [-0.05, 0) is 52.9 Å². The minimum atomic E-state index is -0.0453. The molecule has 0 spiro atoms. The lowest BCUT2D eigenvalue weighted by Gasteiger charge is -2.40. The van der Waals surface area contributed by atoms with Gasteiger partial charge in [0.1, 0.15) is 0 Å². The Bertz CT molecular complexity index is 294. The molecule has 0 atom stereocenters. The number of nitriles is 1. The SMILES string of the molecule is CC.CN1CCC(N(C)CC2(C#N)CCCCC2)CC1. The van der Waals surface area contributed by atoms with Gasteiger partial charge in [-0.3, -0.25) is 0 Å². The number of hydrogen-bond donors (Lipinski definition) is 0. The summed E-state index contributed by atoms with van der Waals surface area (Å²) in [6, 6.07) is 3.33. The van der Waals surface area contributed by atoms with Crippen LogP contribution >= 0.6 is 0 Å². The van der Waals surface area contributed by atoms with Crippen molar-refractivity contribution >= 4 is 0 Å². The number of nitrogens with zero attached hydrogens (tertiary/aromatic N) is 3. The van der Waals surface area contributed by atoms with Gasteiger partial charge in [-0.15, -0.1) is 0 Å². The van der Waals surface area contributed by atoms with Crippen LogP contribution in [0.25, 0.3) is 0 Å². The number of hydrogen-bond acceptors (Lipinski definition) is 3. The van der Waals surface area contributed by atoms with Crippen LogP contribution in [0.2, 0.25) is 0 Å². The third-order valence-corrected chi connectivity index (χ3v) is 4.91. The summed E-state index contributed by atoms with van der Waals surface area (Å²) in [6.45, 7) is 7.39. The molecule has 1 heterocycles. The lowest BCUT2D eigenvalue weighted by molar-refractivity contribution is 0.0971. The minimum Gasteiger partial charge on any atom is -0.306 e. The van der Waals surface area contributed by atoms with Crippen LogP contribution in [0.4, 0.5) is 0 Å². The summed E-state index contributed by atoms with van der Waals surface area (Å²) < 4.78 is 0. The second-order valence-corrected chi connectivity index (χ2v) is 6.40. The monoisotopic (exact) mass is 279 g/mol. The van der Waals surface area contributed by atoms with Gasteiger partial charge in [-0.1, -0.05) is 33.1 Å². The summed E-state index contributed by atoms with van der Waals surface area (Å²) in [5.74, 6) is 0. The molecular formula is C17H33N3. The minimum absolute atomic E-state index is 0.0453. The van der Waals surface area contributed by atoms with Gasteiger partial charge >= 0.3 is 0 Å². The summed E-state index contributed by atoms with van der Waals surface area (Å²) in [4.78, 5) is 4.88. The normalized spacial score (nSPS) is 23.8. The van der Waals surface area contributed by atoms with E-state index in [1.807, 2.05) is 13.8 Å². The molecule has 0 aromatic heterocycles. The summed E-state index contributed by atoms with van der Waals surface area (Å²) >= 11 is 0. The van der Waals surface area contributed by atoms with Crippen LogP contribution in [-0.4, -0.2) is 49.6 Å². The molecule has 3 heteroatoms. The second kappa shape index (κ2) is 8.64. The standard InChI is InChI=1S/C15H27N3.C2H6/c1-17-10-6-14(7-11-17)18(2)13-15(12-16)8-4-3-5-9-15;1-2/h14H,3-11,13H2,1-2H3;1-2H3. The Labute approximate surface area is 125 Å². The van der Waals surface area contributed by atoms with Crippen LogP contribution in [0.15, 0.2) is 0 Å². The molecule has 0 bridgehead atoms. The van der Waals surface area contributed by atoms with Gasteiger partial charge < -0.3 is 9.80 Å². The molecule has 0 N–H and O–H groups in total. The maximum Gasteiger partial charge on any atom is 0.0703 e. The maximum absolute atomic E-state index is 9.55. The Morgan fingerprint density at radius 1 is 1.15 bits per heavy atom. The molecule has 3 nitrogen and oxygen atoms in total. The van der Waals surface area contributed by atoms with Gasteiger partial charge in [0.25, 0.3) is 0 Å². The van der Waals surface area contributed by atoms with Gasteiger partial charge in [0.2, 0.25) is 0 Å². The van der Waals surface area contributed by atoms with Gasteiger partial charge in [0, 0.05) is 12.6 Å². The molecule has 1 saturated carbocycles. The molecule has 0 aromatic carbocycles. The lowest BCUT2D eigenvalue weighted by atomic mass is 9.74. The van der Waals surface area contributed by atoms with Gasteiger partial charge in [-0.2, -0.15) is 5.26 Å². The third kappa shape index (κ3) is 4.75. The maximum atomic E-state index is 9.55. The first-order valence-corrected chi connectivity index (χ1v) is 8.45. The summed E-state index contributed by atoms with van der Waals surface area (Å²) in [7, 11) is 4.43. The van der Waals surface area contributed by atoms with Crippen molar-refractivity contribution in [2.24, 2.45) is 5.41 Å². The second-order valence-electron chi connectivity index (χ2n) is 6.40. The fraction of sp³-hybridized carbons (Fsp3) is 0.941. The Balaban J connectivity index is 0.000000956. The van der Waals surface area contributed by atoms with Crippen LogP contribution in [0, 0.1) is 16.7 Å². The van der Waals surface area contributed by atoms with E-state index in [1.165, 1.54) is 45.2 Å². The molecule has 1 saturated heterocycles. The smallest absolute Gasteiger partial charge is 0.0703 e. The van der Waals surface area contributed by atoms with E-state index in [2.05, 4.69) is 30.0 Å². The number of piperidine rings is 1. The van der Waals surface area contributed by atoms with E-state index in [1.54, 1.807) is 0 Å². The highest BCUT2D eigenvalue weighted by Crippen LogP contribution is 2.37.